The number of hydrogen-bond acceptors (Lipinski definition) is 3. The van der Waals surface area contributed by atoms with E-state index in [1.54, 1.807) is 6.07 Å². The van der Waals surface area contributed by atoms with Gasteiger partial charge in [0, 0.05) is 16.3 Å². The average molecular weight is 377 g/mol. The van der Waals surface area contributed by atoms with E-state index in [9.17, 15) is 4.79 Å². The molecule has 27 heavy (non-hydrogen) atoms. The Morgan fingerprint density at radius 2 is 1.63 bits per heavy atom. The normalized spacial score (nSPS) is 26.2. The van der Waals surface area contributed by atoms with E-state index in [-0.39, 0.29) is 5.91 Å². The van der Waals surface area contributed by atoms with Crippen molar-refractivity contribution in [2.24, 2.45) is 5.92 Å². The highest BCUT2D eigenvalue weighted by Gasteiger charge is 2.59. The second kappa shape index (κ2) is 6.20. The maximum atomic E-state index is 13.2. The number of amides is 1. The second-order valence-electron chi connectivity index (χ2n) is 6.88. The fourth-order valence-electron chi connectivity index (χ4n) is 4.23. The van der Waals surface area contributed by atoms with Gasteiger partial charge < -0.3 is 5.32 Å². The van der Waals surface area contributed by atoms with Crippen molar-refractivity contribution < 1.29 is 9.63 Å². The van der Waals surface area contributed by atoms with Gasteiger partial charge in [0.25, 0.3) is 0 Å². The molecule has 5 rings (SSSR count). The largest absolute Gasteiger partial charge is 0.325 e. The van der Waals surface area contributed by atoms with Gasteiger partial charge in [-0.1, -0.05) is 72.3 Å². The zero-order chi connectivity index (χ0) is 18.4. The Morgan fingerprint density at radius 1 is 0.926 bits per heavy atom. The molecule has 0 aliphatic carbocycles. The average Bonchev–Trinajstić information content (AvgIpc) is 3.13. The fraction of sp³-hybridized carbons (Fsp3) is 0.136. The van der Waals surface area contributed by atoms with Crippen LogP contribution in [0.4, 0.5) is 5.69 Å². The number of nitrogens with one attached hydrogen (secondary N) is 2. The summed E-state index contributed by atoms with van der Waals surface area (Å²) in [5, 5.41) is 3.65. The molecule has 3 atom stereocenters. The van der Waals surface area contributed by atoms with E-state index in [4.69, 9.17) is 16.4 Å². The first-order chi connectivity index (χ1) is 13.2. The first kappa shape index (κ1) is 16.5. The molecule has 5 heteroatoms. The van der Waals surface area contributed by atoms with E-state index in [0.717, 1.165) is 22.4 Å². The fourth-order valence-corrected chi connectivity index (χ4v) is 4.40. The number of carbonyl (C=O) groups is 1. The number of hydrogen-bond donors (Lipinski definition) is 2. The number of carbonyl (C=O) groups excluding carboxylic acids is 1. The van der Waals surface area contributed by atoms with Crippen LogP contribution in [0, 0.1) is 5.92 Å². The summed E-state index contributed by atoms with van der Waals surface area (Å²) in [5.41, 5.74) is 5.98. The maximum Gasteiger partial charge on any atom is 0.233 e. The van der Waals surface area contributed by atoms with E-state index in [1.165, 1.54) is 0 Å². The Kier molecular flexibility index (Phi) is 3.79. The molecule has 0 saturated carbocycles. The quantitative estimate of drug-likeness (QED) is 0.695. The third kappa shape index (κ3) is 2.42. The highest BCUT2D eigenvalue weighted by Crippen LogP contribution is 2.53. The van der Waals surface area contributed by atoms with Gasteiger partial charge in [0.1, 0.15) is 11.6 Å². The van der Waals surface area contributed by atoms with Crippen molar-refractivity contribution in [3.63, 3.8) is 0 Å². The topological polar surface area (TPSA) is 50.4 Å². The van der Waals surface area contributed by atoms with Crippen LogP contribution in [-0.2, 0) is 15.2 Å². The van der Waals surface area contributed by atoms with Crippen LogP contribution in [0.2, 0.25) is 5.02 Å². The highest BCUT2D eigenvalue weighted by molar-refractivity contribution is 6.30. The van der Waals surface area contributed by atoms with Crippen LogP contribution in [0.1, 0.15) is 22.8 Å². The second-order valence-corrected chi connectivity index (χ2v) is 7.32. The molecule has 1 amide bonds. The Hall–Kier alpha value is -2.66. The number of benzene rings is 3. The summed E-state index contributed by atoms with van der Waals surface area (Å²) >= 11 is 6.32. The predicted octanol–water partition coefficient (Wildman–Crippen LogP) is 4.43. The number of halogens is 1. The Bertz CT molecular complexity index is 1010. The minimum Gasteiger partial charge on any atom is -0.325 e. The van der Waals surface area contributed by atoms with Crippen LogP contribution in [0.3, 0.4) is 0 Å². The molecule has 134 valence electrons. The third-order valence-electron chi connectivity index (χ3n) is 5.42. The monoisotopic (exact) mass is 376 g/mol. The number of anilines is 1. The van der Waals surface area contributed by atoms with Crippen LogP contribution in [0.25, 0.3) is 0 Å². The van der Waals surface area contributed by atoms with Gasteiger partial charge in [0.05, 0.1) is 5.92 Å². The summed E-state index contributed by atoms with van der Waals surface area (Å²) < 4.78 is 0. The lowest BCUT2D eigenvalue weighted by Crippen LogP contribution is -2.51. The number of fused-ring (bicyclic) bond motifs is 3. The van der Waals surface area contributed by atoms with Crippen LogP contribution >= 0.6 is 11.6 Å². The number of rotatable bonds is 2. The minimum absolute atomic E-state index is 0.0764. The van der Waals surface area contributed by atoms with E-state index in [1.807, 2.05) is 72.8 Å². The van der Waals surface area contributed by atoms with E-state index >= 15 is 0 Å². The molecule has 3 aromatic rings. The van der Waals surface area contributed by atoms with Gasteiger partial charge in [-0.2, -0.15) is 5.48 Å². The zero-order valence-electron chi connectivity index (χ0n) is 14.4. The molecule has 2 N–H and O–H groups in total. The molecule has 1 saturated heterocycles. The lowest BCUT2D eigenvalue weighted by atomic mass is 9.68. The van der Waals surface area contributed by atoms with Crippen molar-refractivity contribution in [2.45, 2.75) is 11.6 Å². The summed E-state index contributed by atoms with van der Waals surface area (Å²) in [7, 11) is 0. The third-order valence-corrected chi connectivity index (χ3v) is 5.66. The van der Waals surface area contributed by atoms with Gasteiger partial charge in [-0.25, -0.2) is 0 Å². The molecular weight excluding hydrogens is 360 g/mol. The Balaban J connectivity index is 1.77. The van der Waals surface area contributed by atoms with Crippen molar-refractivity contribution >= 4 is 23.2 Å². The summed E-state index contributed by atoms with van der Waals surface area (Å²) in [6.45, 7) is 0. The standard InChI is InChI=1S/C22H17ClN2O2/c23-16-11-12-18-17(13-16)22(15-9-5-2-6-10-15)19(21(26)24-18)20(27-25-22)14-7-3-1-4-8-14/h1-13,19-20,25H,(H,24,26)/t19-,20+,22?/m1/s1. The summed E-state index contributed by atoms with van der Waals surface area (Å²) in [5.74, 6) is -0.555. The molecule has 2 aliphatic heterocycles. The van der Waals surface area contributed by atoms with E-state index < -0.39 is 17.6 Å². The summed E-state index contributed by atoms with van der Waals surface area (Å²) in [6.07, 6.45) is -0.418. The van der Waals surface area contributed by atoms with Gasteiger partial charge in [0.2, 0.25) is 5.91 Å². The zero-order valence-corrected chi connectivity index (χ0v) is 15.1. The minimum atomic E-state index is -0.815. The van der Waals surface area contributed by atoms with E-state index in [2.05, 4.69) is 10.8 Å². The van der Waals surface area contributed by atoms with Crippen molar-refractivity contribution in [3.05, 3.63) is 101 Å². The van der Waals surface area contributed by atoms with Crippen LogP contribution in [-0.4, -0.2) is 5.91 Å². The molecule has 1 fully saturated rings. The van der Waals surface area contributed by atoms with Gasteiger partial charge >= 0.3 is 0 Å². The molecule has 2 heterocycles. The smallest absolute Gasteiger partial charge is 0.233 e. The van der Waals surface area contributed by atoms with Crippen molar-refractivity contribution in [1.82, 2.24) is 5.48 Å². The molecule has 2 aliphatic rings. The molecule has 0 aromatic heterocycles. The molecule has 3 aromatic carbocycles. The summed E-state index contributed by atoms with van der Waals surface area (Å²) in [4.78, 5) is 19.3. The van der Waals surface area contributed by atoms with Gasteiger partial charge in [-0.3, -0.25) is 9.63 Å². The van der Waals surface area contributed by atoms with Crippen molar-refractivity contribution in [3.8, 4) is 0 Å². The molecular formula is C22H17ClN2O2. The van der Waals surface area contributed by atoms with Gasteiger partial charge in [0.15, 0.2) is 0 Å². The molecule has 1 unspecified atom stereocenters. The lowest BCUT2D eigenvalue weighted by Gasteiger charge is -2.40. The Labute approximate surface area is 162 Å². The van der Waals surface area contributed by atoms with Crippen LogP contribution < -0.4 is 10.8 Å². The molecule has 0 spiro atoms. The summed E-state index contributed by atoms with van der Waals surface area (Å²) in [6, 6.07) is 25.3. The number of hydroxylamine groups is 1. The molecule has 0 bridgehead atoms. The highest BCUT2D eigenvalue weighted by atomic mass is 35.5. The SMILES string of the molecule is O=C1Nc2ccc(Cl)cc2C2(c3ccccc3)NO[C@@H](c3ccccc3)[C@H]12. The van der Waals surface area contributed by atoms with E-state index in [0.29, 0.717) is 5.02 Å². The van der Waals surface area contributed by atoms with Crippen LogP contribution in [0.5, 0.6) is 0 Å². The molecule has 4 nitrogen and oxygen atoms in total. The van der Waals surface area contributed by atoms with Crippen LogP contribution in [0.15, 0.2) is 78.9 Å². The van der Waals surface area contributed by atoms with Crippen molar-refractivity contribution in [2.75, 3.05) is 5.32 Å². The van der Waals surface area contributed by atoms with Gasteiger partial charge in [-0.15, -0.1) is 0 Å². The first-order valence-corrected chi connectivity index (χ1v) is 9.22. The van der Waals surface area contributed by atoms with Crippen molar-refractivity contribution in [1.29, 1.82) is 0 Å². The molecule has 0 radical (unpaired) electrons. The Morgan fingerprint density at radius 3 is 2.37 bits per heavy atom. The first-order valence-electron chi connectivity index (χ1n) is 8.84. The lowest BCUT2D eigenvalue weighted by molar-refractivity contribution is -0.123. The predicted molar refractivity (Wildman–Crippen MR) is 104 cm³/mol. The van der Waals surface area contributed by atoms with Gasteiger partial charge in [-0.05, 0) is 29.3 Å². The maximum absolute atomic E-state index is 13.2.